The first kappa shape index (κ1) is 27.1. The van der Waals surface area contributed by atoms with Gasteiger partial charge in [0.15, 0.2) is 0 Å². The quantitative estimate of drug-likeness (QED) is 0.161. The van der Waals surface area contributed by atoms with Crippen LogP contribution in [0.1, 0.15) is 45.4 Å². The van der Waals surface area contributed by atoms with Crippen molar-refractivity contribution in [3.63, 3.8) is 0 Å². The van der Waals surface area contributed by atoms with Gasteiger partial charge in [-0.3, -0.25) is 0 Å². The van der Waals surface area contributed by atoms with Crippen molar-refractivity contribution in [3.05, 3.63) is 12.2 Å². The summed E-state index contributed by atoms with van der Waals surface area (Å²) in [5.41, 5.74) is 0. The van der Waals surface area contributed by atoms with Gasteiger partial charge in [0, 0.05) is 12.2 Å². The fraction of sp³-hybridized carbons (Fsp3) is 0.765. The van der Waals surface area contributed by atoms with E-state index >= 15 is 0 Å². The summed E-state index contributed by atoms with van der Waals surface area (Å²) >= 11 is 0. The number of rotatable bonds is 14. The lowest BCUT2D eigenvalue weighted by atomic mass is 10.1. The van der Waals surface area contributed by atoms with E-state index in [1.54, 1.807) is 0 Å². The van der Waals surface area contributed by atoms with Gasteiger partial charge in [0.25, 0.3) is 6.43 Å². The number of esters is 2. The van der Waals surface area contributed by atoms with E-state index in [-0.39, 0.29) is 12.7 Å². The average molecular weight is 442 g/mol. The van der Waals surface area contributed by atoms with Crippen molar-refractivity contribution >= 4 is 11.9 Å². The van der Waals surface area contributed by atoms with Crippen LogP contribution in [0.15, 0.2) is 12.2 Å². The molecule has 2 atom stereocenters. The summed E-state index contributed by atoms with van der Waals surface area (Å²) in [5.74, 6) is -15.3. The molecule has 0 aromatic rings. The van der Waals surface area contributed by atoms with Crippen molar-refractivity contribution < 1.29 is 54.2 Å². The first-order chi connectivity index (χ1) is 13.4. The molecule has 0 amide bonds. The number of carbonyl (C=O) groups is 2. The van der Waals surface area contributed by atoms with E-state index in [4.69, 9.17) is 0 Å². The molecule has 0 saturated heterocycles. The normalized spacial score (nSPS) is 14.8. The van der Waals surface area contributed by atoms with Crippen LogP contribution in [-0.2, 0) is 19.1 Å². The predicted octanol–water partition coefficient (Wildman–Crippen LogP) is 5.16. The minimum absolute atomic E-state index is 0.00804. The van der Waals surface area contributed by atoms with E-state index in [1.165, 1.54) is 0 Å². The van der Waals surface area contributed by atoms with Gasteiger partial charge in [-0.15, -0.1) is 0 Å². The van der Waals surface area contributed by atoms with E-state index in [0.29, 0.717) is 12.5 Å². The van der Waals surface area contributed by atoms with Crippen LogP contribution in [0.25, 0.3) is 0 Å². The molecule has 0 bridgehead atoms. The molecule has 0 heterocycles. The minimum Gasteiger partial charge on any atom is -0.463 e. The smallest absolute Gasteiger partial charge is 0.378 e. The monoisotopic (exact) mass is 442 g/mol. The van der Waals surface area contributed by atoms with E-state index in [0.717, 1.165) is 32.1 Å². The molecule has 0 N–H and O–H groups in total. The van der Waals surface area contributed by atoms with E-state index in [2.05, 4.69) is 9.47 Å². The first-order valence-corrected chi connectivity index (χ1v) is 8.75. The third kappa shape index (κ3) is 8.99. The topological polar surface area (TPSA) is 52.6 Å². The molecule has 0 aliphatic carbocycles. The summed E-state index contributed by atoms with van der Waals surface area (Å²) in [6, 6.07) is 0. The van der Waals surface area contributed by atoms with Gasteiger partial charge < -0.3 is 9.47 Å². The molecule has 29 heavy (non-hydrogen) atoms. The van der Waals surface area contributed by atoms with Crippen LogP contribution in [0.4, 0.5) is 35.1 Å². The molecule has 12 heteroatoms. The van der Waals surface area contributed by atoms with Crippen molar-refractivity contribution in [1.82, 2.24) is 0 Å². The van der Waals surface area contributed by atoms with Gasteiger partial charge in [0.1, 0.15) is 0 Å². The standard InChI is InChI=1S/C17H22F8O4/c1-2-3-4-5-6-7-10-28-11(26)8-9-12(27)29-15(21)17(24,25)16(22,23)13(18)14(19)20/h8-9,13-15H,2-7,10H2,1H3/b9-8+. The average Bonchev–Trinajstić information content (AvgIpc) is 2.64. The number of hydrogen-bond donors (Lipinski definition) is 0. The Kier molecular flexibility index (Phi) is 11.8. The Bertz CT molecular complexity index is 540. The first-order valence-electron chi connectivity index (χ1n) is 8.75. The van der Waals surface area contributed by atoms with Gasteiger partial charge in [0.05, 0.1) is 6.61 Å². The lowest BCUT2D eigenvalue weighted by Crippen LogP contribution is -2.56. The van der Waals surface area contributed by atoms with Gasteiger partial charge in [-0.1, -0.05) is 39.0 Å². The molecule has 0 rings (SSSR count). The second-order valence-corrected chi connectivity index (χ2v) is 6.00. The summed E-state index contributed by atoms with van der Waals surface area (Å²) in [6.45, 7) is 2.03. The zero-order valence-corrected chi connectivity index (χ0v) is 15.5. The van der Waals surface area contributed by atoms with E-state index in [1.807, 2.05) is 6.92 Å². The highest BCUT2D eigenvalue weighted by molar-refractivity contribution is 5.91. The molecule has 170 valence electrons. The third-order valence-corrected chi connectivity index (χ3v) is 3.61. The number of carbonyl (C=O) groups excluding carboxylic acids is 2. The number of unbranched alkanes of at least 4 members (excludes halogenated alkanes) is 5. The Morgan fingerprint density at radius 2 is 1.34 bits per heavy atom. The minimum atomic E-state index is -6.15. The lowest BCUT2D eigenvalue weighted by molar-refractivity contribution is -0.312. The summed E-state index contributed by atoms with van der Waals surface area (Å²) < 4.78 is 110. The highest BCUT2D eigenvalue weighted by Crippen LogP contribution is 2.44. The number of hydrogen-bond acceptors (Lipinski definition) is 4. The molecular weight excluding hydrogens is 420 g/mol. The van der Waals surface area contributed by atoms with Gasteiger partial charge in [-0.2, -0.15) is 22.0 Å². The summed E-state index contributed by atoms with van der Waals surface area (Å²) in [6.07, 6.45) is -7.80. The SMILES string of the molecule is CCCCCCCCOC(=O)/C=C/C(=O)OC(F)C(F)(F)C(F)(F)C(F)C(F)F. The zero-order chi connectivity index (χ0) is 22.7. The molecule has 0 aromatic carbocycles. The maximum absolute atomic E-state index is 13.2. The van der Waals surface area contributed by atoms with E-state index < -0.39 is 42.7 Å². The molecule has 0 aliphatic heterocycles. The van der Waals surface area contributed by atoms with Crippen LogP contribution in [0.5, 0.6) is 0 Å². The lowest BCUT2D eigenvalue weighted by Gasteiger charge is -2.30. The molecule has 0 fully saturated rings. The number of alkyl halides is 8. The summed E-state index contributed by atoms with van der Waals surface area (Å²) in [5, 5.41) is 0. The molecule has 2 unspecified atom stereocenters. The molecule has 0 saturated carbocycles. The highest BCUT2D eigenvalue weighted by Gasteiger charge is 2.70. The fourth-order valence-corrected chi connectivity index (χ4v) is 1.95. The van der Waals surface area contributed by atoms with Crippen molar-refractivity contribution in [2.45, 2.75) is 76.2 Å². The Labute approximate surface area is 162 Å². The number of halogens is 8. The van der Waals surface area contributed by atoms with Gasteiger partial charge in [-0.25, -0.2) is 22.8 Å². The maximum Gasteiger partial charge on any atom is 0.378 e. The van der Waals surface area contributed by atoms with Crippen LogP contribution in [0.3, 0.4) is 0 Å². The van der Waals surface area contributed by atoms with Crippen LogP contribution in [-0.4, -0.2) is 49.3 Å². The van der Waals surface area contributed by atoms with Crippen LogP contribution >= 0.6 is 0 Å². The molecule has 0 aromatic heterocycles. The Morgan fingerprint density at radius 3 is 1.90 bits per heavy atom. The largest absolute Gasteiger partial charge is 0.463 e. The zero-order valence-electron chi connectivity index (χ0n) is 15.5. The van der Waals surface area contributed by atoms with Gasteiger partial charge >= 0.3 is 30.1 Å². The van der Waals surface area contributed by atoms with Crippen molar-refractivity contribution in [3.8, 4) is 0 Å². The van der Waals surface area contributed by atoms with Gasteiger partial charge in [-0.05, 0) is 6.42 Å². The Morgan fingerprint density at radius 1 is 0.828 bits per heavy atom. The number of ether oxygens (including phenoxy) is 2. The molecule has 0 radical (unpaired) electrons. The molecule has 4 nitrogen and oxygen atoms in total. The Hall–Kier alpha value is -1.88. The van der Waals surface area contributed by atoms with Crippen LogP contribution in [0, 0.1) is 0 Å². The van der Waals surface area contributed by atoms with E-state index in [9.17, 15) is 44.7 Å². The summed E-state index contributed by atoms with van der Waals surface area (Å²) in [4.78, 5) is 22.4. The second kappa shape index (κ2) is 12.6. The maximum atomic E-state index is 13.2. The van der Waals surface area contributed by atoms with Crippen LogP contribution in [0.2, 0.25) is 0 Å². The third-order valence-electron chi connectivity index (χ3n) is 3.61. The molecule has 0 aliphatic rings. The van der Waals surface area contributed by atoms with Crippen molar-refractivity contribution in [2.24, 2.45) is 0 Å². The fourth-order valence-electron chi connectivity index (χ4n) is 1.95. The Balaban J connectivity index is 4.48. The van der Waals surface area contributed by atoms with Crippen molar-refractivity contribution in [2.75, 3.05) is 6.61 Å². The second-order valence-electron chi connectivity index (χ2n) is 6.00. The van der Waals surface area contributed by atoms with Crippen molar-refractivity contribution in [1.29, 1.82) is 0 Å². The summed E-state index contributed by atoms with van der Waals surface area (Å²) in [7, 11) is 0. The highest BCUT2D eigenvalue weighted by atomic mass is 19.3. The molecule has 0 spiro atoms. The molecular formula is C17H22F8O4. The van der Waals surface area contributed by atoms with Gasteiger partial charge in [0.2, 0.25) is 6.17 Å². The van der Waals surface area contributed by atoms with Crippen LogP contribution < -0.4 is 0 Å². The predicted molar refractivity (Wildman–Crippen MR) is 85.3 cm³/mol.